The SMILES string of the molecule is CCCCN1C(=O)C(=O)/C(=C(/O)c2cc(OC)ccc2OC)C1c1ccccc1OC. The molecule has 0 spiro atoms. The largest absolute Gasteiger partial charge is 0.507 e. The van der Waals surface area contributed by atoms with Crippen LogP contribution in [0.25, 0.3) is 5.76 Å². The number of hydrogen-bond acceptors (Lipinski definition) is 6. The lowest BCUT2D eigenvalue weighted by molar-refractivity contribution is -0.139. The van der Waals surface area contributed by atoms with Crippen molar-refractivity contribution in [3.8, 4) is 17.2 Å². The number of ether oxygens (including phenoxy) is 3. The van der Waals surface area contributed by atoms with Crippen molar-refractivity contribution in [2.75, 3.05) is 27.9 Å². The van der Waals surface area contributed by atoms with Crippen LogP contribution in [-0.2, 0) is 9.59 Å². The van der Waals surface area contributed by atoms with Crippen LogP contribution in [0.1, 0.15) is 36.9 Å². The van der Waals surface area contributed by atoms with E-state index in [0.29, 0.717) is 29.4 Å². The molecule has 0 saturated carbocycles. The van der Waals surface area contributed by atoms with E-state index in [1.807, 2.05) is 19.1 Å². The number of rotatable bonds is 8. The van der Waals surface area contributed by atoms with E-state index in [1.54, 1.807) is 30.3 Å². The van der Waals surface area contributed by atoms with Gasteiger partial charge in [-0.25, -0.2) is 0 Å². The van der Waals surface area contributed by atoms with Crippen LogP contribution < -0.4 is 14.2 Å². The van der Waals surface area contributed by atoms with Gasteiger partial charge in [-0.2, -0.15) is 0 Å². The number of carbonyl (C=O) groups is 2. The van der Waals surface area contributed by atoms with Gasteiger partial charge < -0.3 is 24.2 Å². The highest BCUT2D eigenvalue weighted by Gasteiger charge is 2.47. The molecule has 0 aliphatic carbocycles. The molecule has 2 aromatic rings. The summed E-state index contributed by atoms with van der Waals surface area (Å²) in [5, 5.41) is 11.3. The van der Waals surface area contributed by atoms with Gasteiger partial charge in [0.25, 0.3) is 11.7 Å². The lowest BCUT2D eigenvalue weighted by Gasteiger charge is -2.26. The molecule has 1 aliphatic heterocycles. The molecular weight excluding hydrogens is 398 g/mol. The fourth-order valence-corrected chi connectivity index (χ4v) is 3.80. The van der Waals surface area contributed by atoms with Crippen LogP contribution in [0.3, 0.4) is 0 Å². The first-order valence-corrected chi connectivity index (χ1v) is 10.1. The second-order valence-electron chi connectivity index (χ2n) is 7.15. The standard InChI is InChI=1S/C24H27NO6/c1-5-6-13-25-21(16-9-7-8-10-18(16)30-3)20(23(27)24(25)28)22(26)17-14-15(29-2)11-12-19(17)31-4/h7-12,14,21,26H,5-6,13H2,1-4H3/b22-20+. The Morgan fingerprint density at radius 1 is 1.00 bits per heavy atom. The number of nitrogens with zero attached hydrogens (tertiary/aromatic N) is 1. The summed E-state index contributed by atoms with van der Waals surface area (Å²) in [6.45, 7) is 2.39. The number of Topliss-reactive ketones (excluding diaryl/α,β-unsaturated/α-hetero) is 1. The summed E-state index contributed by atoms with van der Waals surface area (Å²) in [5.74, 6) is -0.334. The van der Waals surface area contributed by atoms with Gasteiger partial charge in [0.05, 0.1) is 38.5 Å². The average Bonchev–Trinajstić information content (AvgIpc) is 3.06. The van der Waals surface area contributed by atoms with Crippen LogP contribution in [0.15, 0.2) is 48.0 Å². The highest BCUT2D eigenvalue weighted by atomic mass is 16.5. The monoisotopic (exact) mass is 425 g/mol. The van der Waals surface area contributed by atoms with Gasteiger partial charge in [-0.3, -0.25) is 9.59 Å². The Morgan fingerprint density at radius 3 is 2.35 bits per heavy atom. The maximum Gasteiger partial charge on any atom is 0.295 e. The molecule has 1 unspecified atom stereocenters. The molecule has 2 aromatic carbocycles. The molecule has 1 atom stereocenters. The Kier molecular flexibility index (Phi) is 6.84. The van der Waals surface area contributed by atoms with Gasteiger partial charge in [0.1, 0.15) is 23.0 Å². The maximum atomic E-state index is 13.1. The lowest BCUT2D eigenvalue weighted by atomic mass is 9.94. The molecule has 0 aromatic heterocycles. The van der Waals surface area contributed by atoms with E-state index in [9.17, 15) is 14.7 Å². The van der Waals surface area contributed by atoms with Crippen LogP contribution >= 0.6 is 0 Å². The summed E-state index contributed by atoms with van der Waals surface area (Å²) >= 11 is 0. The van der Waals surface area contributed by atoms with Crippen LogP contribution in [0.4, 0.5) is 0 Å². The number of aliphatic hydroxyl groups is 1. The van der Waals surface area contributed by atoms with Gasteiger partial charge in [0.15, 0.2) is 0 Å². The van der Waals surface area contributed by atoms with E-state index in [1.165, 1.54) is 26.2 Å². The van der Waals surface area contributed by atoms with E-state index >= 15 is 0 Å². The van der Waals surface area contributed by atoms with E-state index in [-0.39, 0.29) is 16.9 Å². The van der Waals surface area contributed by atoms with Crippen molar-refractivity contribution in [2.24, 2.45) is 0 Å². The van der Waals surface area contributed by atoms with Crippen molar-refractivity contribution in [1.82, 2.24) is 4.90 Å². The third-order valence-corrected chi connectivity index (χ3v) is 5.39. The van der Waals surface area contributed by atoms with Crippen molar-refractivity contribution in [1.29, 1.82) is 0 Å². The second kappa shape index (κ2) is 9.55. The predicted molar refractivity (Wildman–Crippen MR) is 116 cm³/mol. The number of para-hydroxylation sites is 1. The number of aliphatic hydroxyl groups excluding tert-OH is 1. The first-order chi connectivity index (χ1) is 15.0. The zero-order chi connectivity index (χ0) is 22.5. The quantitative estimate of drug-likeness (QED) is 0.392. The molecule has 1 amide bonds. The predicted octanol–water partition coefficient (Wildman–Crippen LogP) is 3.93. The summed E-state index contributed by atoms with van der Waals surface area (Å²) in [7, 11) is 4.50. The van der Waals surface area contributed by atoms with Gasteiger partial charge in [-0.15, -0.1) is 0 Å². The number of hydrogen-bond donors (Lipinski definition) is 1. The molecule has 0 bridgehead atoms. The van der Waals surface area contributed by atoms with E-state index < -0.39 is 17.7 Å². The lowest BCUT2D eigenvalue weighted by Crippen LogP contribution is -2.30. The molecule has 3 rings (SSSR count). The molecule has 164 valence electrons. The van der Waals surface area contributed by atoms with Crippen molar-refractivity contribution >= 4 is 17.4 Å². The van der Waals surface area contributed by atoms with Crippen LogP contribution in [-0.4, -0.2) is 49.6 Å². The van der Waals surface area contributed by atoms with Gasteiger partial charge in [0, 0.05) is 12.1 Å². The first kappa shape index (κ1) is 22.2. The van der Waals surface area contributed by atoms with E-state index in [0.717, 1.165) is 12.8 Å². The zero-order valence-electron chi connectivity index (χ0n) is 18.2. The van der Waals surface area contributed by atoms with Crippen molar-refractivity contribution in [3.05, 3.63) is 59.2 Å². The number of ketones is 1. The third-order valence-electron chi connectivity index (χ3n) is 5.39. The van der Waals surface area contributed by atoms with Crippen LogP contribution in [0.5, 0.6) is 17.2 Å². The van der Waals surface area contributed by atoms with Crippen molar-refractivity contribution < 1.29 is 28.9 Å². The number of unbranched alkanes of at least 4 members (excludes halogenated alkanes) is 1. The minimum Gasteiger partial charge on any atom is -0.507 e. The maximum absolute atomic E-state index is 13.1. The Hall–Kier alpha value is -3.48. The summed E-state index contributed by atoms with van der Waals surface area (Å²) in [6.07, 6.45) is 1.58. The van der Waals surface area contributed by atoms with Gasteiger partial charge in [-0.05, 0) is 30.7 Å². The summed E-state index contributed by atoms with van der Waals surface area (Å²) < 4.78 is 16.1. The average molecular weight is 425 g/mol. The number of benzene rings is 2. The Balaban J connectivity index is 2.27. The van der Waals surface area contributed by atoms with E-state index in [4.69, 9.17) is 14.2 Å². The zero-order valence-corrected chi connectivity index (χ0v) is 18.2. The fourth-order valence-electron chi connectivity index (χ4n) is 3.80. The number of carbonyl (C=O) groups excluding carboxylic acids is 2. The van der Waals surface area contributed by atoms with Crippen LogP contribution in [0, 0.1) is 0 Å². The Bertz CT molecular complexity index is 1010. The van der Waals surface area contributed by atoms with Crippen molar-refractivity contribution in [2.45, 2.75) is 25.8 Å². The molecule has 1 aliphatic rings. The number of methoxy groups -OCH3 is 3. The molecule has 7 heteroatoms. The van der Waals surface area contributed by atoms with Gasteiger partial charge >= 0.3 is 0 Å². The molecule has 1 fully saturated rings. The summed E-state index contributed by atoms with van der Waals surface area (Å²) in [5.41, 5.74) is 0.899. The van der Waals surface area contributed by atoms with E-state index in [2.05, 4.69) is 0 Å². The smallest absolute Gasteiger partial charge is 0.295 e. The van der Waals surface area contributed by atoms with Crippen LogP contribution in [0.2, 0.25) is 0 Å². The van der Waals surface area contributed by atoms with Gasteiger partial charge in [0.2, 0.25) is 0 Å². The van der Waals surface area contributed by atoms with Crippen molar-refractivity contribution in [3.63, 3.8) is 0 Å². The number of likely N-dealkylation sites (tertiary alicyclic amines) is 1. The minimum absolute atomic E-state index is 0.00263. The number of amides is 1. The highest BCUT2D eigenvalue weighted by Crippen LogP contribution is 2.44. The topological polar surface area (TPSA) is 85.3 Å². The minimum atomic E-state index is -0.779. The normalized spacial score (nSPS) is 17.7. The molecular formula is C24H27NO6. The summed E-state index contributed by atoms with van der Waals surface area (Å²) in [4.78, 5) is 27.6. The van der Waals surface area contributed by atoms with Gasteiger partial charge in [-0.1, -0.05) is 31.5 Å². The Morgan fingerprint density at radius 2 is 1.71 bits per heavy atom. The first-order valence-electron chi connectivity index (χ1n) is 10.1. The highest BCUT2D eigenvalue weighted by molar-refractivity contribution is 6.46. The molecule has 0 radical (unpaired) electrons. The molecule has 31 heavy (non-hydrogen) atoms. The second-order valence-corrected chi connectivity index (χ2v) is 7.15. The summed E-state index contributed by atoms with van der Waals surface area (Å²) in [6, 6.07) is 11.3. The molecule has 1 heterocycles. The molecule has 1 N–H and O–H groups in total. The molecule has 1 saturated heterocycles. The molecule has 7 nitrogen and oxygen atoms in total. The fraction of sp³-hybridized carbons (Fsp3) is 0.333. The third kappa shape index (κ3) is 4.08. The Labute approximate surface area is 181 Å².